The molecule has 120 valence electrons. The van der Waals surface area contributed by atoms with Gasteiger partial charge in [0.1, 0.15) is 5.75 Å². The lowest BCUT2D eigenvalue weighted by Gasteiger charge is -2.16. The molecule has 22 heavy (non-hydrogen) atoms. The molecule has 1 atom stereocenters. The molecule has 0 unspecified atom stereocenters. The summed E-state index contributed by atoms with van der Waals surface area (Å²) in [4.78, 5) is 13.2. The second-order valence-electron chi connectivity index (χ2n) is 5.41. The van der Waals surface area contributed by atoms with Gasteiger partial charge in [0.15, 0.2) is 0 Å². The Kier molecular flexibility index (Phi) is 4.78. The van der Waals surface area contributed by atoms with Crippen molar-refractivity contribution in [2.24, 2.45) is 5.92 Å². The first kappa shape index (κ1) is 16.4. The summed E-state index contributed by atoms with van der Waals surface area (Å²) in [7, 11) is 1.35. The van der Waals surface area contributed by atoms with Crippen LogP contribution in [0.15, 0.2) is 30.9 Å². The van der Waals surface area contributed by atoms with Crippen LogP contribution < -0.4 is 4.74 Å². The highest BCUT2D eigenvalue weighted by Crippen LogP contribution is 2.33. The molecule has 3 nitrogen and oxygen atoms in total. The van der Waals surface area contributed by atoms with Crippen LogP contribution in [-0.4, -0.2) is 31.0 Å². The summed E-state index contributed by atoms with van der Waals surface area (Å²) < 4.78 is 43.6. The van der Waals surface area contributed by atoms with Crippen LogP contribution in [0, 0.1) is 5.92 Å². The summed E-state index contributed by atoms with van der Waals surface area (Å²) in [5.41, 5.74) is -0.136. The van der Waals surface area contributed by atoms with Gasteiger partial charge in [-0.1, -0.05) is 6.58 Å². The quantitative estimate of drug-likeness (QED) is 0.798. The number of benzene rings is 1. The highest BCUT2D eigenvalue weighted by Gasteiger charge is 2.32. The molecule has 1 aliphatic rings. The first-order valence-electron chi connectivity index (χ1n) is 7.00. The van der Waals surface area contributed by atoms with E-state index < -0.39 is 11.7 Å². The fourth-order valence-corrected chi connectivity index (χ4v) is 2.72. The van der Waals surface area contributed by atoms with E-state index in [1.807, 2.05) is 0 Å². The number of halogens is 3. The number of likely N-dealkylation sites (tertiary alicyclic amines) is 1. The van der Waals surface area contributed by atoms with Gasteiger partial charge < -0.3 is 9.64 Å². The number of rotatable bonds is 4. The zero-order valence-electron chi connectivity index (χ0n) is 12.3. The average molecular weight is 313 g/mol. The van der Waals surface area contributed by atoms with Crippen molar-refractivity contribution >= 4 is 5.91 Å². The standard InChI is InChI=1S/C16H18F3NO2/c1-3-15(21)20-5-4-11(10-20)6-12-7-13(16(17,18)19)9-14(8-12)22-2/h3,7-9,11H,1,4-6,10H2,2H3/t11-/m1/s1. The fourth-order valence-electron chi connectivity index (χ4n) is 2.72. The number of methoxy groups -OCH3 is 1. The van der Waals surface area contributed by atoms with E-state index in [0.717, 1.165) is 18.6 Å². The third-order valence-corrected chi connectivity index (χ3v) is 3.83. The molecule has 1 saturated heterocycles. The van der Waals surface area contributed by atoms with Crippen molar-refractivity contribution in [1.29, 1.82) is 0 Å². The van der Waals surface area contributed by atoms with E-state index in [0.29, 0.717) is 25.1 Å². The number of carbonyl (C=O) groups is 1. The van der Waals surface area contributed by atoms with E-state index in [4.69, 9.17) is 4.74 Å². The van der Waals surface area contributed by atoms with Gasteiger partial charge in [-0.2, -0.15) is 13.2 Å². The smallest absolute Gasteiger partial charge is 0.416 e. The van der Waals surface area contributed by atoms with Gasteiger partial charge in [-0.15, -0.1) is 0 Å². The van der Waals surface area contributed by atoms with E-state index in [1.165, 1.54) is 13.2 Å². The maximum atomic E-state index is 12.9. The van der Waals surface area contributed by atoms with Gasteiger partial charge >= 0.3 is 6.18 Å². The third kappa shape index (κ3) is 3.81. The summed E-state index contributed by atoms with van der Waals surface area (Å²) in [6, 6.07) is 3.76. The van der Waals surface area contributed by atoms with Gasteiger partial charge in [-0.3, -0.25) is 4.79 Å². The molecule has 0 bridgehead atoms. The Balaban J connectivity index is 2.13. The Labute approximate surface area is 127 Å². The van der Waals surface area contributed by atoms with Gasteiger partial charge in [0.2, 0.25) is 5.91 Å². The number of hydrogen-bond acceptors (Lipinski definition) is 2. The molecule has 1 fully saturated rings. The first-order chi connectivity index (χ1) is 10.3. The molecule has 1 amide bonds. The van der Waals surface area contributed by atoms with E-state index in [-0.39, 0.29) is 17.6 Å². The fraction of sp³-hybridized carbons (Fsp3) is 0.438. The number of nitrogens with zero attached hydrogens (tertiary/aromatic N) is 1. The Morgan fingerprint density at radius 1 is 1.45 bits per heavy atom. The molecule has 1 aromatic rings. The third-order valence-electron chi connectivity index (χ3n) is 3.83. The van der Waals surface area contributed by atoms with Crippen LogP contribution in [0.25, 0.3) is 0 Å². The molecule has 0 radical (unpaired) electrons. The molecule has 6 heteroatoms. The molecule has 2 rings (SSSR count). The van der Waals surface area contributed by atoms with Crippen LogP contribution in [0.3, 0.4) is 0 Å². The topological polar surface area (TPSA) is 29.5 Å². The normalized spacial score (nSPS) is 18.4. The van der Waals surface area contributed by atoms with Crippen LogP contribution in [0.5, 0.6) is 5.75 Å². The predicted octanol–water partition coefficient (Wildman–Crippen LogP) is 3.29. The molecule has 1 aromatic carbocycles. The van der Waals surface area contributed by atoms with Gasteiger partial charge in [-0.05, 0) is 48.6 Å². The SMILES string of the molecule is C=CC(=O)N1CC[C@H](Cc2cc(OC)cc(C(F)(F)F)c2)C1. The molecular formula is C16H18F3NO2. The molecule has 0 aromatic heterocycles. The second kappa shape index (κ2) is 6.42. The van der Waals surface area contributed by atoms with Crippen molar-refractivity contribution < 1.29 is 22.7 Å². The number of ether oxygens (including phenoxy) is 1. The summed E-state index contributed by atoms with van der Waals surface area (Å²) in [6.07, 6.45) is -1.88. The Morgan fingerprint density at radius 2 is 2.18 bits per heavy atom. The summed E-state index contributed by atoms with van der Waals surface area (Å²) in [5, 5.41) is 0. The van der Waals surface area contributed by atoms with Gasteiger partial charge in [-0.25, -0.2) is 0 Å². The van der Waals surface area contributed by atoms with Crippen LogP contribution in [0.2, 0.25) is 0 Å². The minimum Gasteiger partial charge on any atom is -0.497 e. The molecule has 0 N–H and O–H groups in total. The molecule has 0 aliphatic carbocycles. The Bertz CT molecular complexity index is 569. The van der Waals surface area contributed by atoms with Crippen LogP contribution in [-0.2, 0) is 17.4 Å². The summed E-state index contributed by atoms with van der Waals surface area (Å²) >= 11 is 0. The predicted molar refractivity (Wildman–Crippen MR) is 76.6 cm³/mol. The number of carbonyl (C=O) groups excluding carboxylic acids is 1. The summed E-state index contributed by atoms with van der Waals surface area (Å²) in [6.45, 7) is 4.60. The highest BCUT2D eigenvalue weighted by molar-refractivity contribution is 5.87. The second-order valence-corrected chi connectivity index (χ2v) is 5.41. The van der Waals surface area contributed by atoms with E-state index in [2.05, 4.69) is 6.58 Å². The van der Waals surface area contributed by atoms with Crippen LogP contribution in [0.1, 0.15) is 17.5 Å². The maximum Gasteiger partial charge on any atom is 0.416 e. The van der Waals surface area contributed by atoms with E-state index >= 15 is 0 Å². The van der Waals surface area contributed by atoms with E-state index in [1.54, 1.807) is 11.0 Å². The molecule has 1 heterocycles. The maximum absolute atomic E-state index is 12.9. The molecule has 1 aliphatic heterocycles. The van der Waals surface area contributed by atoms with Crippen molar-refractivity contribution in [3.63, 3.8) is 0 Å². The zero-order valence-corrected chi connectivity index (χ0v) is 12.3. The van der Waals surface area contributed by atoms with E-state index in [9.17, 15) is 18.0 Å². The number of amides is 1. The lowest BCUT2D eigenvalue weighted by atomic mass is 9.97. The van der Waals surface area contributed by atoms with Gasteiger partial charge in [0.05, 0.1) is 12.7 Å². The average Bonchev–Trinajstić information content (AvgIpc) is 2.93. The van der Waals surface area contributed by atoms with Crippen LogP contribution >= 0.6 is 0 Å². The number of hydrogen-bond donors (Lipinski definition) is 0. The van der Waals surface area contributed by atoms with Gasteiger partial charge in [0, 0.05) is 13.1 Å². The molecule has 0 saturated carbocycles. The van der Waals surface area contributed by atoms with Crippen molar-refractivity contribution in [2.75, 3.05) is 20.2 Å². The summed E-state index contributed by atoms with van der Waals surface area (Å²) in [5.74, 6) is 0.211. The molecule has 0 spiro atoms. The van der Waals surface area contributed by atoms with Crippen molar-refractivity contribution in [3.8, 4) is 5.75 Å². The Morgan fingerprint density at radius 3 is 2.77 bits per heavy atom. The highest BCUT2D eigenvalue weighted by atomic mass is 19.4. The Hall–Kier alpha value is -1.98. The van der Waals surface area contributed by atoms with Crippen LogP contribution in [0.4, 0.5) is 13.2 Å². The largest absolute Gasteiger partial charge is 0.497 e. The lowest BCUT2D eigenvalue weighted by Crippen LogP contribution is -2.26. The van der Waals surface area contributed by atoms with Crippen molar-refractivity contribution in [3.05, 3.63) is 42.0 Å². The van der Waals surface area contributed by atoms with Crippen molar-refractivity contribution in [1.82, 2.24) is 4.90 Å². The number of alkyl halides is 3. The minimum absolute atomic E-state index is 0.135. The first-order valence-corrected chi connectivity index (χ1v) is 7.00. The van der Waals surface area contributed by atoms with Crippen molar-refractivity contribution in [2.45, 2.75) is 19.0 Å². The lowest BCUT2D eigenvalue weighted by molar-refractivity contribution is -0.137. The minimum atomic E-state index is -4.40. The van der Waals surface area contributed by atoms with Gasteiger partial charge in [0.25, 0.3) is 0 Å². The molecular weight excluding hydrogens is 295 g/mol. The zero-order chi connectivity index (χ0) is 16.3. The monoisotopic (exact) mass is 313 g/mol.